The zero-order valence-electron chi connectivity index (χ0n) is 11.1. The molecular weight excluding hydrogens is 237 g/mol. The van der Waals surface area contributed by atoms with Gasteiger partial charge in [0, 0.05) is 6.04 Å². The Hall–Kier alpha value is -1.83. The summed E-state index contributed by atoms with van der Waals surface area (Å²) in [6.07, 6.45) is 2.16. The molecule has 0 aliphatic heterocycles. The lowest BCUT2D eigenvalue weighted by Crippen LogP contribution is -2.34. The third-order valence-electron chi connectivity index (χ3n) is 3.89. The monoisotopic (exact) mass is 255 g/mol. The molecule has 0 aromatic heterocycles. The minimum atomic E-state index is -0.165. The van der Waals surface area contributed by atoms with Gasteiger partial charge in [0.05, 0.1) is 5.69 Å². The smallest absolute Gasteiger partial charge is 0.146 e. The molecule has 1 aliphatic rings. The lowest BCUT2D eigenvalue weighted by molar-refractivity contribution is 0.373. The van der Waals surface area contributed by atoms with Gasteiger partial charge in [-0.1, -0.05) is 42.0 Å². The molecule has 0 spiro atoms. The summed E-state index contributed by atoms with van der Waals surface area (Å²) in [5, 5.41) is 3.29. The summed E-state index contributed by atoms with van der Waals surface area (Å²) in [5.74, 6) is 0.450. The summed E-state index contributed by atoms with van der Waals surface area (Å²) >= 11 is 0. The molecule has 0 radical (unpaired) electrons. The SMILES string of the molecule is Cc1cccc(C2CC(Nc3ccccc3F)C2)c1. The van der Waals surface area contributed by atoms with Crippen molar-refractivity contribution in [3.8, 4) is 0 Å². The Morgan fingerprint density at radius 2 is 1.84 bits per heavy atom. The van der Waals surface area contributed by atoms with Gasteiger partial charge in [0.15, 0.2) is 0 Å². The fraction of sp³-hybridized carbons (Fsp3) is 0.294. The molecule has 0 unspecified atom stereocenters. The number of rotatable bonds is 3. The quantitative estimate of drug-likeness (QED) is 0.852. The Morgan fingerprint density at radius 3 is 2.58 bits per heavy atom. The summed E-state index contributed by atoms with van der Waals surface area (Å²) in [5.41, 5.74) is 3.34. The largest absolute Gasteiger partial charge is 0.380 e. The van der Waals surface area contributed by atoms with Gasteiger partial charge in [0.25, 0.3) is 0 Å². The predicted octanol–water partition coefficient (Wildman–Crippen LogP) is 4.49. The van der Waals surface area contributed by atoms with Crippen LogP contribution >= 0.6 is 0 Å². The number of hydrogen-bond donors (Lipinski definition) is 1. The van der Waals surface area contributed by atoms with Crippen molar-refractivity contribution in [1.29, 1.82) is 0 Å². The van der Waals surface area contributed by atoms with E-state index >= 15 is 0 Å². The second-order valence-electron chi connectivity index (χ2n) is 5.40. The van der Waals surface area contributed by atoms with E-state index in [4.69, 9.17) is 0 Å². The van der Waals surface area contributed by atoms with Crippen LogP contribution in [0.5, 0.6) is 0 Å². The van der Waals surface area contributed by atoms with Crippen LogP contribution in [0.4, 0.5) is 10.1 Å². The molecule has 0 heterocycles. The molecule has 2 aromatic rings. The number of halogens is 1. The summed E-state index contributed by atoms with van der Waals surface area (Å²) in [6.45, 7) is 2.12. The van der Waals surface area contributed by atoms with E-state index in [0.29, 0.717) is 17.6 Å². The highest BCUT2D eigenvalue weighted by Crippen LogP contribution is 2.38. The number of aryl methyl sites for hydroxylation is 1. The first-order valence-electron chi connectivity index (χ1n) is 6.80. The van der Waals surface area contributed by atoms with Crippen LogP contribution in [0, 0.1) is 12.7 Å². The highest BCUT2D eigenvalue weighted by molar-refractivity contribution is 5.46. The van der Waals surface area contributed by atoms with E-state index in [0.717, 1.165) is 12.8 Å². The van der Waals surface area contributed by atoms with Crippen LogP contribution in [-0.2, 0) is 0 Å². The number of hydrogen-bond acceptors (Lipinski definition) is 1. The Kier molecular flexibility index (Phi) is 3.24. The Morgan fingerprint density at radius 1 is 1.05 bits per heavy atom. The van der Waals surface area contributed by atoms with Crippen LogP contribution in [-0.4, -0.2) is 6.04 Å². The van der Waals surface area contributed by atoms with Gasteiger partial charge in [-0.3, -0.25) is 0 Å². The maximum absolute atomic E-state index is 13.5. The van der Waals surface area contributed by atoms with E-state index in [1.165, 1.54) is 17.2 Å². The van der Waals surface area contributed by atoms with Crippen LogP contribution in [0.25, 0.3) is 0 Å². The van der Waals surface area contributed by atoms with Crippen molar-refractivity contribution >= 4 is 5.69 Å². The van der Waals surface area contributed by atoms with Crippen LogP contribution in [0.1, 0.15) is 29.9 Å². The Balaban J connectivity index is 1.60. The van der Waals surface area contributed by atoms with Gasteiger partial charge < -0.3 is 5.32 Å². The molecule has 1 N–H and O–H groups in total. The van der Waals surface area contributed by atoms with Crippen molar-refractivity contribution in [3.05, 3.63) is 65.5 Å². The Bertz CT molecular complexity index is 573. The van der Waals surface area contributed by atoms with Crippen molar-refractivity contribution in [2.24, 2.45) is 0 Å². The molecule has 0 amide bonds. The molecule has 1 fully saturated rings. The fourth-order valence-electron chi connectivity index (χ4n) is 2.73. The van der Waals surface area contributed by atoms with Crippen molar-refractivity contribution in [1.82, 2.24) is 0 Å². The lowest BCUT2D eigenvalue weighted by Gasteiger charge is -2.37. The van der Waals surface area contributed by atoms with Crippen LogP contribution in [0.3, 0.4) is 0 Å². The highest BCUT2D eigenvalue weighted by Gasteiger charge is 2.30. The second-order valence-corrected chi connectivity index (χ2v) is 5.40. The zero-order valence-corrected chi connectivity index (χ0v) is 11.1. The maximum atomic E-state index is 13.5. The summed E-state index contributed by atoms with van der Waals surface area (Å²) < 4.78 is 13.5. The number of para-hydroxylation sites is 1. The third kappa shape index (κ3) is 2.62. The normalized spacial score (nSPS) is 21.8. The zero-order chi connectivity index (χ0) is 13.2. The van der Waals surface area contributed by atoms with E-state index in [1.54, 1.807) is 12.1 Å². The van der Waals surface area contributed by atoms with Gasteiger partial charge in [-0.05, 0) is 43.4 Å². The van der Waals surface area contributed by atoms with Crippen LogP contribution in [0.15, 0.2) is 48.5 Å². The molecule has 1 nitrogen and oxygen atoms in total. The van der Waals surface area contributed by atoms with Crippen molar-refractivity contribution < 1.29 is 4.39 Å². The summed E-state index contributed by atoms with van der Waals surface area (Å²) in [4.78, 5) is 0. The molecule has 19 heavy (non-hydrogen) atoms. The van der Waals surface area contributed by atoms with Crippen molar-refractivity contribution in [2.45, 2.75) is 31.7 Å². The molecule has 1 aliphatic carbocycles. The standard InChI is InChI=1S/C17H18FN/c1-12-5-4-6-13(9-12)14-10-15(11-14)19-17-8-3-2-7-16(17)18/h2-9,14-15,19H,10-11H2,1H3. The van der Waals surface area contributed by atoms with Crippen molar-refractivity contribution in [3.63, 3.8) is 0 Å². The van der Waals surface area contributed by atoms with E-state index in [-0.39, 0.29) is 5.82 Å². The van der Waals surface area contributed by atoms with Gasteiger partial charge in [-0.25, -0.2) is 4.39 Å². The van der Waals surface area contributed by atoms with E-state index in [9.17, 15) is 4.39 Å². The molecule has 0 saturated heterocycles. The molecule has 3 rings (SSSR count). The number of nitrogens with one attached hydrogen (secondary N) is 1. The molecule has 2 aromatic carbocycles. The molecule has 98 valence electrons. The van der Waals surface area contributed by atoms with Crippen molar-refractivity contribution in [2.75, 3.05) is 5.32 Å². The highest BCUT2D eigenvalue weighted by atomic mass is 19.1. The van der Waals surface area contributed by atoms with E-state index in [2.05, 4.69) is 36.5 Å². The molecule has 0 atom stereocenters. The summed E-state index contributed by atoms with van der Waals surface area (Å²) in [6, 6.07) is 16.0. The van der Waals surface area contributed by atoms with Crippen LogP contribution < -0.4 is 5.32 Å². The first-order valence-corrected chi connectivity index (χ1v) is 6.80. The summed E-state index contributed by atoms with van der Waals surface area (Å²) in [7, 11) is 0. The minimum Gasteiger partial charge on any atom is -0.380 e. The van der Waals surface area contributed by atoms with Gasteiger partial charge in [0.2, 0.25) is 0 Å². The van der Waals surface area contributed by atoms with Gasteiger partial charge >= 0.3 is 0 Å². The third-order valence-corrected chi connectivity index (χ3v) is 3.89. The first-order chi connectivity index (χ1) is 9.22. The fourth-order valence-corrected chi connectivity index (χ4v) is 2.73. The molecule has 1 saturated carbocycles. The topological polar surface area (TPSA) is 12.0 Å². The second kappa shape index (κ2) is 5.04. The molecular formula is C17H18FN. The molecule has 2 heteroatoms. The average molecular weight is 255 g/mol. The van der Waals surface area contributed by atoms with Gasteiger partial charge in [-0.2, -0.15) is 0 Å². The molecule has 0 bridgehead atoms. The number of anilines is 1. The van der Waals surface area contributed by atoms with E-state index < -0.39 is 0 Å². The minimum absolute atomic E-state index is 0.165. The average Bonchev–Trinajstić information content (AvgIpc) is 2.35. The van der Waals surface area contributed by atoms with E-state index in [1.807, 2.05) is 6.07 Å². The predicted molar refractivity (Wildman–Crippen MR) is 77.0 cm³/mol. The number of benzene rings is 2. The Labute approximate surface area is 113 Å². The first kappa shape index (κ1) is 12.2. The lowest BCUT2D eigenvalue weighted by atomic mass is 9.75. The van der Waals surface area contributed by atoms with Gasteiger partial charge in [0.1, 0.15) is 5.82 Å². The van der Waals surface area contributed by atoms with Crippen LogP contribution in [0.2, 0.25) is 0 Å². The maximum Gasteiger partial charge on any atom is 0.146 e. The van der Waals surface area contributed by atoms with Gasteiger partial charge in [-0.15, -0.1) is 0 Å².